The zero-order valence-corrected chi connectivity index (χ0v) is 20.2. The lowest BCUT2D eigenvalue weighted by Crippen LogP contribution is -2.43. The number of amides is 1. The van der Waals surface area contributed by atoms with Crippen molar-refractivity contribution < 1.29 is 24.6 Å². The molecule has 4 rings (SSSR count). The third kappa shape index (κ3) is 5.33. The van der Waals surface area contributed by atoms with Crippen LogP contribution >= 0.6 is 0 Å². The first-order valence-electron chi connectivity index (χ1n) is 12.2. The van der Waals surface area contributed by atoms with Crippen LogP contribution in [0.4, 0.5) is 5.69 Å². The molecular formula is C26H35N4O4+. The number of benzene rings is 1. The van der Waals surface area contributed by atoms with E-state index in [0.717, 1.165) is 41.3 Å². The molecule has 8 nitrogen and oxygen atoms in total. The summed E-state index contributed by atoms with van der Waals surface area (Å²) in [5, 5.41) is 28.6. The fourth-order valence-corrected chi connectivity index (χ4v) is 4.17. The molecule has 1 fully saturated rings. The highest BCUT2D eigenvalue weighted by atomic mass is 16.5. The Morgan fingerprint density at radius 3 is 2.76 bits per heavy atom. The number of carbonyl (C=O) groups excluding carboxylic acids is 1. The Kier molecular flexibility index (Phi) is 7.36. The van der Waals surface area contributed by atoms with Crippen molar-refractivity contribution in [3.8, 4) is 5.75 Å². The summed E-state index contributed by atoms with van der Waals surface area (Å²) in [4.78, 5) is 13.1. The Balaban J connectivity index is 1.67. The van der Waals surface area contributed by atoms with E-state index in [2.05, 4.69) is 12.2 Å². The van der Waals surface area contributed by atoms with E-state index in [4.69, 9.17) is 9.84 Å². The number of aromatic nitrogens is 3. The molecule has 0 aliphatic heterocycles. The van der Waals surface area contributed by atoms with E-state index in [9.17, 15) is 15.1 Å². The molecule has 2 heterocycles. The molecule has 182 valence electrons. The van der Waals surface area contributed by atoms with E-state index in [1.165, 1.54) is 0 Å². The standard InChI is InChI=1S/C26H34N4O4/c1-4-6-20(11-12-31)29-15-19-13-22(25(14-21(19)28-29)34-16-18-9-10-18)27-26(32)24-8-5-7-23(17(2)3)30(24)33/h5,7-8,13-15,17-18,20,31H,4,6,9-12,16H2,1-3H3,(H-,27,32,33)/p+1/t20-/m1/s1. The minimum Gasteiger partial charge on any atom is -0.491 e. The third-order valence-electron chi connectivity index (χ3n) is 6.32. The van der Waals surface area contributed by atoms with Crippen LogP contribution in [0.2, 0.25) is 0 Å². The van der Waals surface area contributed by atoms with Crippen molar-refractivity contribution in [3.63, 3.8) is 0 Å². The van der Waals surface area contributed by atoms with Gasteiger partial charge in [-0.25, -0.2) is 0 Å². The first-order chi connectivity index (χ1) is 16.4. The Hall–Kier alpha value is -3.13. The first kappa shape index (κ1) is 24.0. The minimum absolute atomic E-state index is 0.0624. The molecule has 0 saturated heterocycles. The van der Waals surface area contributed by atoms with Gasteiger partial charge in [0.05, 0.1) is 23.9 Å². The van der Waals surface area contributed by atoms with E-state index in [1.807, 2.05) is 36.9 Å². The molecule has 1 atom stereocenters. The van der Waals surface area contributed by atoms with Crippen molar-refractivity contribution in [2.24, 2.45) is 5.92 Å². The summed E-state index contributed by atoms with van der Waals surface area (Å²) in [6.07, 6.45) is 6.83. The van der Waals surface area contributed by atoms with Crippen molar-refractivity contribution in [2.45, 2.75) is 64.8 Å². The number of pyridine rings is 1. The summed E-state index contributed by atoms with van der Waals surface area (Å²) in [5.41, 5.74) is 2.13. The molecule has 3 N–H and O–H groups in total. The van der Waals surface area contributed by atoms with Gasteiger partial charge in [0.1, 0.15) is 5.75 Å². The maximum Gasteiger partial charge on any atom is 0.325 e. The Morgan fingerprint density at radius 2 is 2.09 bits per heavy atom. The van der Waals surface area contributed by atoms with Crippen LogP contribution in [0.3, 0.4) is 0 Å². The monoisotopic (exact) mass is 467 g/mol. The van der Waals surface area contributed by atoms with Gasteiger partial charge in [0.15, 0.2) is 0 Å². The smallest absolute Gasteiger partial charge is 0.325 e. The van der Waals surface area contributed by atoms with E-state index < -0.39 is 5.91 Å². The summed E-state index contributed by atoms with van der Waals surface area (Å²) >= 11 is 0. The number of fused-ring (bicyclic) bond motifs is 1. The summed E-state index contributed by atoms with van der Waals surface area (Å²) in [6.45, 7) is 6.74. The lowest BCUT2D eigenvalue weighted by atomic mass is 10.1. The summed E-state index contributed by atoms with van der Waals surface area (Å²) in [7, 11) is 0. The normalized spacial score (nSPS) is 14.5. The van der Waals surface area contributed by atoms with Crippen LogP contribution in [0.1, 0.15) is 81.0 Å². The molecular weight excluding hydrogens is 432 g/mol. The number of hydrogen-bond acceptors (Lipinski definition) is 5. The lowest BCUT2D eigenvalue weighted by Gasteiger charge is -2.14. The molecule has 1 aliphatic rings. The van der Waals surface area contributed by atoms with Crippen molar-refractivity contribution in [1.82, 2.24) is 9.78 Å². The predicted octanol–water partition coefficient (Wildman–Crippen LogP) is 4.45. The number of aliphatic hydroxyl groups is 1. The fourth-order valence-electron chi connectivity index (χ4n) is 4.17. The van der Waals surface area contributed by atoms with E-state index >= 15 is 0 Å². The van der Waals surface area contributed by atoms with Crippen molar-refractivity contribution in [1.29, 1.82) is 0 Å². The average Bonchev–Trinajstić information content (AvgIpc) is 3.55. The van der Waals surface area contributed by atoms with Crippen molar-refractivity contribution in [2.75, 3.05) is 18.5 Å². The van der Waals surface area contributed by atoms with Gasteiger partial charge in [0, 0.05) is 47.0 Å². The van der Waals surface area contributed by atoms with Gasteiger partial charge in [0.25, 0.3) is 0 Å². The topological polar surface area (TPSA) is 100 Å². The van der Waals surface area contributed by atoms with Gasteiger partial charge in [-0.1, -0.05) is 27.2 Å². The molecule has 1 amide bonds. The number of hydrogen-bond donors (Lipinski definition) is 3. The summed E-state index contributed by atoms with van der Waals surface area (Å²) in [5.74, 6) is 0.763. The number of nitrogens with one attached hydrogen (secondary N) is 1. The van der Waals surface area contributed by atoms with Gasteiger partial charge in [-0.3, -0.25) is 14.7 Å². The second kappa shape index (κ2) is 10.4. The van der Waals surface area contributed by atoms with Gasteiger partial charge in [-0.05, 0) is 43.7 Å². The predicted molar refractivity (Wildman–Crippen MR) is 129 cm³/mol. The average molecular weight is 468 g/mol. The quantitative estimate of drug-likeness (QED) is 0.286. The highest BCUT2D eigenvalue weighted by molar-refractivity contribution is 6.04. The Morgan fingerprint density at radius 1 is 1.29 bits per heavy atom. The highest BCUT2D eigenvalue weighted by Crippen LogP contribution is 2.35. The van der Waals surface area contributed by atoms with E-state index in [1.54, 1.807) is 18.2 Å². The molecule has 1 saturated carbocycles. The van der Waals surface area contributed by atoms with Gasteiger partial charge in [-0.15, -0.1) is 0 Å². The number of carbonyl (C=O) groups is 1. The molecule has 1 aliphatic carbocycles. The molecule has 0 unspecified atom stereocenters. The van der Waals surface area contributed by atoms with Gasteiger partial charge < -0.3 is 15.2 Å². The highest BCUT2D eigenvalue weighted by Gasteiger charge is 2.27. The van der Waals surface area contributed by atoms with Crippen LogP contribution in [-0.2, 0) is 0 Å². The molecule has 1 aromatic carbocycles. The molecule has 0 spiro atoms. The number of nitrogens with zero attached hydrogens (tertiary/aromatic N) is 3. The zero-order chi connectivity index (χ0) is 24.2. The molecule has 0 radical (unpaired) electrons. The number of ether oxygens (including phenoxy) is 1. The van der Waals surface area contributed by atoms with Gasteiger partial charge in [-0.2, -0.15) is 5.10 Å². The zero-order valence-electron chi connectivity index (χ0n) is 20.2. The van der Waals surface area contributed by atoms with Crippen molar-refractivity contribution >= 4 is 22.5 Å². The molecule has 34 heavy (non-hydrogen) atoms. The SMILES string of the molecule is CCC[C@H](CCO)n1cc2cc(NC(=O)c3cccc(C(C)C)[n+]3O)c(OCC3CC3)cc2n1. The second-order valence-electron chi connectivity index (χ2n) is 9.48. The number of anilines is 1. The Bertz CT molecular complexity index is 1150. The maximum atomic E-state index is 13.1. The third-order valence-corrected chi connectivity index (χ3v) is 6.32. The minimum atomic E-state index is -0.419. The number of rotatable bonds is 11. The molecule has 3 aromatic rings. The summed E-state index contributed by atoms with van der Waals surface area (Å²) in [6, 6.07) is 9.00. The molecule has 2 aromatic heterocycles. The van der Waals surface area contributed by atoms with Crippen LogP contribution in [0, 0.1) is 5.92 Å². The largest absolute Gasteiger partial charge is 0.491 e. The second-order valence-corrected chi connectivity index (χ2v) is 9.48. The fraction of sp³-hybridized carbons (Fsp3) is 0.500. The van der Waals surface area contributed by atoms with Crippen LogP contribution in [0.5, 0.6) is 5.75 Å². The van der Waals surface area contributed by atoms with E-state index in [-0.39, 0.29) is 24.3 Å². The lowest BCUT2D eigenvalue weighted by molar-refractivity contribution is -0.911. The molecule has 0 bridgehead atoms. The van der Waals surface area contributed by atoms with E-state index in [0.29, 0.717) is 36.1 Å². The Labute approximate surface area is 200 Å². The molecule has 8 heteroatoms. The number of aliphatic hydroxyl groups excluding tert-OH is 1. The van der Waals surface area contributed by atoms with Crippen LogP contribution in [0.15, 0.2) is 36.5 Å². The van der Waals surface area contributed by atoms with Crippen LogP contribution in [-0.4, -0.2) is 39.2 Å². The van der Waals surface area contributed by atoms with Crippen molar-refractivity contribution in [3.05, 3.63) is 47.9 Å². The first-order valence-corrected chi connectivity index (χ1v) is 12.2. The van der Waals surface area contributed by atoms with Gasteiger partial charge >= 0.3 is 11.6 Å². The summed E-state index contributed by atoms with van der Waals surface area (Å²) < 4.78 is 8.95. The van der Waals surface area contributed by atoms with Gasteiger partial charge in [0.2, 0.25) is 5.69 Å². The van der Waals surface area contributed by atoms with Crippen LogP contribution in [0.25, 0.3) is 10.9 Å². The maximum absolute atomic E-state index is 13.1. The van der Waals surface area contributed by atoms with Crippen LogP contribution < -0.4 is 14.8 Å².